The summed E-state index contributed by atoms with van der Waals surface area (Å²) in [6.07, 6.45) is 0. The smallest absolute Gasteiger partial charge is 0.136 e. The largest absolute Gasteiger partial charge is 0.383 e. The number of benzene rings is 1. The van der Waals surface area contributed by atoms with E-state index in [2.05, 4.69) is 5.32 Å². The lowest BCUT2D eigenvalue weighted by atomic mass is 10.3. The highest BCUT2D eigenvalue weighted by molar-refractivity contribution is 7.99. The van der Waals surface area contributed by atoms with Crippen LogP contribution in [0.2, 0.25) is 0 Å². The van der Waals surface area contributed by atoms with E-state index in [0.717, 1.165) is 5.75 Å². The molecule has 1 aromatic carbocycles. The number of methoxy groups -OCH3 is 1. The molecule has 0 amide bonds. The third-order valence-corrected chi connectivity index (χ3v) is 3.26. The summed E-state index contributed by atoms with van der Waals surface area (Å²) in [5.41, 5.74) is 0. The van der Waals surface area contributed by atoms with Crippen molar-refractivity contribution in [3.63, 3.8) is 0 Å². The normalized spacial score (nSPS) is 12.7. The molecule has 0 bridgehead atoms. The van der Waals surface area contributed by atoms with Gasteiger partial charge in [0, 0.05) is 23.8 Å². The number of thioether (sulfide) groups is 1. The van der Waals surface area contributed by atoms with Crippen molar-refractivity contribution in [1.29, 1.82) is 0 Å². The number of hydrogen-bond acceptors (Lipinski definition) is 3. The molecule has 0 saturated heterocycles. The molecule has 4 heteroatoms. The van der Waals surface area contributed by atoms with Crippen LogP contribution in [0.5, 0.6) is 0 Å². The van der Waals surface area contributed by atoms with Crippen molar-refractivity contribution in [3.05, 3.63) is 30.1 Å². The second-order valence-electron chi connectivity index (χ2n) is 3.18. The van der Waals surface area contributed by atoms with E-state index < -0.39 is 0 Å². The molecule has 0 radical (unpaired) electrons. The van der Waals surface area contributed by atoms with E-state index in [4.69, 9.17) is 4.74 Å². The maximum absolute atomic E-state index is 13.3. The summed E-state index contributed by atoms with van der Waals surface area (Å²) in [6, 6.07) is 7.06. The molecular weight excluding hydrogens is 213 g/mol. The fourth-order valence-electron chi connectivity index (χ4n) is 1.17. The molecule has 0 heterocycles. The highest BCUT2D eigenvalue weighted by Crippen LogP contribution is 2.21. The molecule has 0 aliphatic heterocycles. The highest BCUT2D eigenvalue weighted by atomic mass is 32.2. The quantitative estimate of drug-likeness (QED) is 0.755. The molecule has 0 aliphatic rings. The molecule has 0 saturated carbocycles. The molecule has 0 spiro atoms. The lowest BCUT2D eigenvalue weighted by Gasteiger charge is -2.14. The van der Waals surface area contributed by atoms with Crippen LogP contribution in [0.3, 0.4) is 0 Å². The Labute approximate surface area is 94.2 Å². The number of ether oxygens (including phenoxy) is 1. The molecule has 0 aliphatic carbocycles. The van der Waals surface area contributed by atoms with E-state index in [1.165, 1.54) is 17.8 Å². The Morgan fingerprint density at radius 3 is 2.80 bits per heavy atom. The molecule has 84 valence electrons. The third kappa shape index (κ3) is 4.20. The van der Waals surface area contributed by atoms with Crippen molar-refractivity contribution >= 4 is 11.8 Å². The summed E-state index contributed by atoms with van der Waals surface area (Å²) in [6.45, 7) is 0.637. The van der Waals surface area contributed by atoms with E-state index >= 15 is 0 Å². The maximum atomic E-state index is 13.3. The van der Waals surface area contributed by atoms with Crippen LogP contribution in [0.25, 0.3) is 0 Å². The van der Waals surface area contributed by atoms with Gasteiger partial charge < -0.3 is 10.1 Å². The lowest BCUT2D eigenvalue weighted by molar-refractivity contribution is 0.177. The zero-order valence-corrected chi connectivity index (χ0v) is 9.81. The van der Waals surface area contributed by atoms with Crippen molar-refractivity contribution in [2.45, 2.75) is 10.9 Å². The fraction of sp³-hybridized carbons (Fsp3) is 0.455. The zero-order valence-electron chi connectivity index (χ0n) is 9.00. The Balaban J connectivity index is 2.45. The van der Waals surface area contributed by atoms with Gasteiger partial charge in [0.05, 0.1) is 6.61 Å². The topological polar surface area (TPSA) is 21.3 Å². The van der Waals surface area contributed by atoms with E-state index in [1.54, 1.807) is 19.2 Å². The van der Waals surface area contributed by atoms with Gasteiger partial charge >= 0.3 is 0 Å². The summed E-state index contributed by atoms with van der Waals surface area (Å²) < 4.78 is 18.3. The van der Waals surface area contributed by atoms with Crippen LogP contribution in [0.4, 0.5) is 4.39 Å². The van der Waals surface area contributed by atoms with Gasteiger partial charge in [-0.05, 0) is 19.2 Å². The molecule has 1 rings (SSSR count). The number of hydrogen-bond donors (Lipinski definition) is 1. The Morgan fingerprint density at radius 1 is 1.47 bits per heavy atom. The van der Waals surface area contributed by atoms with E-state index in [0.29, 0.717) is 11.5 Å². The second-order valence-corrected chi connectivity index (χ2v) is 4.24. The summed E-state index contributed by atoms with van der Waals surface area (Å²) >= 11 is 1.50. The van der Waals surface area contributed by atoms with E-state index in [9.17, 15) is 4.39 Å². The van der Waals surface area contributed by atoms with E-state index in [1.807, 2.05) is 13.1 Å². The minimum absolute atomic E-state index is 0.158. The van der Waals surface area contributed by atoms with Crippen LogP contribution in [-0.4, -0.2) is 32.6 Å². The Kier molecular flexibility index (Phi) is 5.68. The van der Waals surface area contributed by atoms with E-state index in [-0.39, 0.29) is 11.9 Å². The average Bonchev–Trinajstić information content (AvgIpc) is 2.26. The molecule has 1 atom stereocenters. The lowest BCUT2D eigenvalue weighted by Crippen LogP contribution is -2.32. The number of likely N-dealkylation sites (N-methyl/N-ethyl adjacent to an activating group) is 1. The number of nitrogens with one attached hydrogen (secondary N) is 1. The monoisotopic (exact) mass is 229 g/mol. The van der Waals surface area contributed by atoms with Gasteiger partial charge in [0.2, 0.25) is 0 Å². The minimum atomic E-state index is -0.158. The predicted octanol–water partition coefficient (Wildman–Crippen LogP) is 2.15. The Hall–Kier alpha value is -0.580. The first-order valence-corrected chi connectivity index (χ1v) is 5.80. The molecule has 0 aromatic heterocycles. The van der Waals surface area contributed by atoms with Crippen molar-refractivity contribution in [3.8, 4) is 0 Å². The molecular formula is C11H16FNOS. The highest BCUT2D eigenvalue weighted by Gasteiger charge is 2.08. The molecule has 1 aromatic rings. The Bertz CT molecular complexity index is 296. The van der Waals surface area contributed by atoms with Crippen LogP contribution >= 0.6 is 11.8 Å². The van der Waals surface area contributed by atoms with Gasteiger partial charge in [-0.1, -0.05) is 12.1 Å². The second kappa shape index (κ2) is 6.82. The summed E-state index contributed by atoms with van der Waals surface area (Å²) in [5, 5.41) is 3.12. The van der Waals surface area contributed by atoms with Gasteiger partial charge in [0.1, 0.15) is 5.82 Å². The first-order valence-electron chi connectivity index (χ1n) is 4.81. The van der Waals surface area contributed by atoms with Crippen molar-refractivity contribution in [2.75, 3.05) is 26.5 Å². The molecule has 15 heavy (non-hydrogen) atoms. The van der Waals surface area contributed by atoms with Gasteiger partial charge in [-0.15, -0.1) is 11.8 Å². The van der Waals surface area contributed by atoms with Crippen LogP contribution in [0.1, 0.15) is 0 Å². The van der Waals surface area contributed by atoms with Gasteiger partial charge in [0.25, 0.3) is 0 Å². The van der Waals surface area contributed by atoms with Gasteiger partial charge in [-0.25, -0.2) is 4.39 Å². The van der Waals surface area contributed by atoms with Crippen LogP contribution < -0.4 is 5.32 Å². The SMILES string of the molecule is CNC(COC)CSc1ccccc1F. The van der Waals surface area contributed by atoms with Gasteiger partial charge in [0.15, 0.2) is 0 Å². The first kappa shape index (κ1) is 12.5. The van der Waals surface area contributed by atoms with Gasteiger partial charge in [-0.3, -0.25) is 0 Å². The minimum Gasteiger partial charge on any atom is -0.383 e. The van der Waals surface area contributed by atoms with Crippen LogP contribution in [0, 0.1) is 5.82 Å². The fourth-order valence-corrected chi connectivity index (χ4v) is 2.19. The average molecular weight is 229 g/mol. The number of rotatable bonds is 6. The predicted molar refractivity (Wildman–Crippen MR) is 61.8 cm³/mol. The first-order chi connectivity index (χ1) is 7.27. The standard InChI is InChI=1S/C11H16FNOS/c1-13-9(7-14-2)8-15-11-6-4-3-5-10(11)12/h3-6,9,13H,7-8H2,1-2H3. The summed E-state index contributed by atoms with van der Waals surface area (Å²) in [7, 11) is 3.55. The molecule has 0 fully saturated rings. The van der Waals surface area contributed by atoms with Gasteiger partial charge in [-0.2, -0.15) is 0 Å². The van der Waals surface area contributed by atoms with Crippen LogP contribution in [0.15, 0.2) is 29.2 Å². The van der Waals surface area contributed by atoms with Crippen molar-refractivity contribution in [2.24, 2.45) is 0 Å². The summed E-state index contributed by atoms with van der Waals surface area (Å²) in [5.74, 6) is 0.639. The van der Waals surface area contributed by atoms with Crippen LogP contribution in [-0.2, 0) is 4.74 Å². The van der Waals surface area contributed by atoms with Crippen molar-refractivity contribution in [1.82, 2.24) is 5.32 Å². The molecule has 1 N–H and O–H groups in total. The summed E-state index contributed by atoms with van der Waals surface area (Å²) in [4.78, 5) is 0.689. The molecule has 2 nitrogen and oxygen atoms in total. The maximum Gasteiger partial charge on any atom is 0.136 e. The molecule has 1 unspecified atom stereocenters. The van der Waals surface area contributed by atoms with Crippen molar-refractivity contribution < 1.29 is 9.13 Å². The third-order valence-electron chi connectivity index (χ3n) is 2.05. The number of halogens is 1. The Morgan fingerprint density at radius 2 is 2.20 bits per heavy atom. The zero-order chi connectivity index (χ0) is 11.1.